The van der Waals surface area contributed by atoms with Crippen molar-refractivity contribution in [3.8, 4) is 11.8 Å². The summed E-state index contributed by atoms with van der Waals surface area (Å²) in [6, 6.07) is 2.41. The summed E-state index contributed by atoms with van der Waals surface area (Å²) < 4.78 is 28.4. The number of nitrogens with zero attached hydrogens (tertiary/aromatic N) is 3. The predicted molar refractivity (Wildman–Crippen MR) is 129 cm³/mol. The van der Waals surface area contributed by atoms with Crippen molar-refractivity contribution in [3.05, 3.63) is 33.9 Å². The van der Waals surface area contributed by atoms with E-state index in [1.807, 2.05) is 6.92 Å². The molecule has 4 rings (SSSR count). The molecule has 0 saturated carbocycles. The molecule has 1 aromatic heterocycles. The summed E-state index contributed by atoms with van der Waals surface area (Å²) in [5, 5.41) is 21.5. The summed E-state index contributed by atoms with van der Waals surface area (Å²) >= 11 is 0. The Labute approximate surface area is 207 Å². The second-order valence-electron chi connectivity index (χ2n) is 10.3. The normalized spacial score (nSPS) is 19.9. The third kappa shape index (κ3) is 4.67. The van der Waals surface area contributed by atoms with E-state index in [4.69, 9.17) is 9.47 Å². The Morgan fingerprint density at radius 2 is 2.14 bits per heavy atom. The first-order chi connectivity index (χ1) is 16.9. The molecule has 0 aliphatic carbocycles. The second-order valence-corrected chi connectivity index (χ2v) is 10.3. The summed E-state index contributed by atoms with van der Waals surface area (Å²) in [4.78, 5) is 38.5. The first-order valence-electron chi connectivity index (χ1n) is 11.8. The van der Waals surface area contributed by atoms with Gasteiger partial charge in [-0.25, -0.2) is 14.0 Å². The zero-order valence-corrected chi connectivity index (χ0v) is 20.6. The maximum Gasteiger partial charge on any atom is 0.407 e. The molecule has 10 nitrogen and oxygen atoms in total. The Morgan fingerprint density at radius 1 is 1.42 bits per heavy atom. The zero-order chi connectivity index (χ0) is 26.4. The number of amides is 1. The number of carboxylic acid groups (broad SMARTS) is 1. The fourth-order valence-corrected chi connectivity index (χ4v) is 4.87. The van der Waals surface area contributed by atoms with Crippen molar-refractivity contribution >= 4 is 28.7 Å². The van der Waals surface area contributed by atoms with Gasteiger partial charge in [0.25, 0.3) is 0 Å². The lowest BCUT2D eigenvalue weighted by atomic mass is 9.96. The van der Waals surface area contributed by atoms with Crippen LogP contribution in [0.25, 0.3) is 10.9 Å². The molecule has 1 amide bonds. The van der Waals surface area contributed by atoms with Gasteiger partial charge in [-0.3, -0.25) is 4.79 Å². The fraction of sp³-hybridized carbons (Fsp3) is 0.520. The van der Waals surface area contributed by atoms with Crippen LogP contribution in [0, 0.1) is 23.1 Å². The number of rotatable bonds is 5. The molecule has 0 radical (unpaired) electrons. The van der Waals surface area contributed by atoms with Crippen LogP contribution in [-0.4, -0.2) is 53.1 Å². The monoisotopic (exact) mass is 500 g/mol. The van der Waals surface area contributed by atoms with Gasteiger partial charge in [0.2, 0.25) is 5.43 Å². The van der Waals surface area contributed by atoms with Crippen LogP contribution in [0.3, 0.4) is 0 Å². The molecule has 192 valence electrons. The molecule has 2 aromatic rings. The number of aromatic nitrogens is 1. The maximum atomic E-state index is 15.5. The zero-order valence-electron chi connectivity index (χ0n) is 20.6. The Morgan fingerprint density at radius 3 is 2.78 bits per heavy atom. The average Bonchev–Trinajstić information content (AvgIpc) is 3.25. The van der Waals surface area contributed by atoms with Gasteiger partial charge in [0.15, 0.2) is 11.6 Å². The minimum absolute atomic E-state index is 0.0533. The number of ether oxygens (including phenoxy) is 2. The van der Waals surface area contributed by atoms with Crippen LogP contribution in [0.2, 0.25) is 0 Å². The van der Waals surface area contributed by atoms with Crippen LogP contribution in [-0.2, 0) is 4.74 Å². The number of alkyl carbamates (subject to hydrolysis) is 1. The van der Waals surface area contributed by atoms with E-state index in [0.717, 1.165) is 6.07 Å². The minimum Gasteiger partial charge on any atom is -0.487 e. The molecule has 3 heterocycles. The quantitative estimate of drug-likeness (QED) is 0.638. The molecule has 3 atom stereocenters. The molecule has 2 aliphatic heterocycles. The fourth-order valence-electron chi connectivity index (χ4n) is 4.87. The smallest absolute Gasteiger partial charge is 0.407 e. The van der Waals surface area contributed by atoms with E-state index >= 15 is 4.39 Å². The number of hydrogen-bond donors (Lipinski definition) is 2. The lowest BCUT2D eigenvalue weighted by Crippen LogP contribution is -2.43. The van der Waals surface area contributed by atoms with E-state index in [0.29, 0.717) is 25.0 Å². The van der Waals surface area contributed by atoms with Crippen LogP contribution in [0.15, 0.2) is 17.1 Å². The number of pyridine rings is 1. The molecule has 0 spiro atoms. The van der Waals surface area contributed by atoms with E-state index in [9.17, 15) is 24.8 Å². The van der Waals surface area contributed by atoms with Gasteiger partial charge in [0, 0.05) is 25.3 Å². The molecule has 0 bridgehead atoms. The molecular formula is C25H29FN4O6. The van der Waals surface area contributed by atoms with Crippen molar-refractivity contribution in [3.63, 3.8) is 0 Å². The number of carboxylic acids is 1. The molecule has 1 saturated heterocycles. The number of aromatic carboxylic acids is 1. The van der Waals surface area contributed by atoms with Gasteiger partial charge in [0.05, 0.1) is 29.4 Å². The minimum atomic E-state index is -1.38. The molecule has 36 heavy (non-hydrogen) atoms. The first kappa shape index (κ1) is 25.3. The van der Waals surface area contributed by atoms with E-state index < -0.39 is 40.5 Å². The predicted octanol–water partition coefficient (Wildman–Crippen LogP) is 3.43. The third-order valence-electron chi connectivity index (χ3n) is 6.50. The van der Waals surface area contributed by atoms with Crippen molar-refractivity contribution in [1.82, 2.24) is 9.88 Å². The largest absolute Gasteiger partial charge is 0.487 e. The Hall–Kier alpha value is -3.81. The number of nitriles is 1. The van der Waals surface area contributed by atoms with Crippen molar-refractivity contribution < 1.29 is 28.6 Å². The van der Waals surface area contributed by atoms with Gasteiger partial charge in [0.1, 0.15) is 23.5 Å². The van der Waals surface area contributed by atoms with Crippen LogP contribution >= 0.6 is 0 Å². The van der Waals surface area contributed by atoms with E-state index in [2.05, 4.69) is 11.4 Å². The van der Waals surface area contributed by atoms with Gasteiger partial charge in [-0.15, -0.1) is 0 Å². The summed E-state index contributed by atoms with van der Waals surface area (Å²) in [5.74, 6) is -2.04. The van der Waals surface area contributed by atoms with Crippen molar-refractivity contribution in [2.24, 2.45) is 5.92 Å². The average molecular weight is 501 g/mol. The lowest BCUT2D eigenvalue weighted by molar-refractivity contribution is 0.0489. The highest BCUT2D eigenvalue weighted by Gasteiger charge is 2.36. The van der Waals surface area contributed by atoms with Crippen molar-refractivity contribution in [1.29, 1.82) is 5.26 Å². The van der Waals surface area contributed by atoms with E-state index in [1.54, 1.807) is 30.2 Å². The third-order valence-corrected chi connectivity index (χ3v) is 6.50. The highest BCUT2D eigenvalue weighted by Crippen LogP contribution is 2.43. The summed E-state index contributed by atoms with van der Waals surface area (Å²) in [6.45, 7) is 8.02. The summed E-state index contributed by atoms with van der Waals surface area (Å²) in [7, 11) is 0. The number of nitrogens with one attached hydrogen (secondary N) is 1. The lowest BCUT2D eigenvalue weighted by Gasteiger charge is -2.31. The highest BCUT2D eigenvalue weighted by atomic mass is 19.1. The maximum absolute atomic E-state index is 15.5. The number of carbonyl (C=O) groups is 2. The standard InChI is InChI=1S/C25H29FN4O6/c1-13-12-35-22-19-15(21(31)16(23(32)33)11-30(13)19)9-17(26)20(22)29-8-6-14(10-29)18(5-7-27)28-24(34)36-25(2,3)4/h9,11,13-14,18H,5-6,8,10,12H2,1-4H3,(H,28,34)(H,32,33)/t13-,14?,18?/m0/s1. The van der Waals surface area contributed by atoms with Crippen LogP contribution in [0.5, 0.6) is 5.75 Å². The number of carbonyl (C=O) groups excluding carboxylic acids is 1. The van der Waals surface area contributed by atoms with Crippen molar-refractivity contribution in [2.45, 2.75) is 58.2 Å². The Bertz CT molecular complexity index is 1330. The first-order valence-corrected chi connectivity index (χ1v) is 11.8. The van der Waals surface area contributed by atoms with Gasteiger partial charge < -0.3 is 29.4 Å². The van der Waals surface area contributed by atoms with Gasteiger partial charge >= 0.3 is 12.1 Å². The van der Waals surface area contributed by atoms with Crippen LogP contribution in [0.4, 0.5) is 14.9 Å². The SMILES string of the molecule is C[C@H]1COc2c(N3CCC(C(CC#N)NC(=O)OC(C)(C)C)C3)c(F)cc3c(=O)c(C(=O)O)cn1c23. The summed E-state index contributed by atoms with van der Waals surface area (Å²) in [5.41, 5.74) is -1.36. The number of benzene rings is 1. The van der Waals surface area contributed by atoms with Gasteiger partial charge in [-0.05, 0) is 46.1 Å². The molecule has 11 heteroatoms. The molecule has 1 aromatic carbocycles. The highest BCUT2D eigenvalue weighted by molar-refractivity contribution is 5.97. The summed E-state index contributed by atoms with van der Waals surface area (Å²) in [6.07, 6.45) is 1.31. The molecule has 2 N–H and O–H groups in total. The Kier molecular flexibility index (Phi) is 6.56. The molecular weight excluding hydrogens is 471 g/mol. The second kappa shape index (κ2) is 9.33. The van der Waals surface area contributed by atoms with Crippen molar-refractivity contribution in [2.75, 3.05) is 24.6 Å². The van der Waals surface area contributed by atoms with E-state index in [-0.39, 0.29) is 41.8 Å². The number of hydrogen-bond acceptors (Lipinski definition) is 7. The molecule has 2 unspecified atom stereocenters. The van der Waals surface area contributed by atoms with Gasteiger partial charge in [-0.2, -0.15) is 5.26 Å². The van der Waals surface area contributed by atoms with Crippen LogP contribution < -0.4 is 20.4 Å². The van der Waals surface area contributed by atoms with E-state index in [1.165, 1.54) is 6.20 Å². The number of halogens is 1. The topological polar surface area (TPSA) is 134 Å². The molecule has 1 fully saturated rings. The Balaban J connectivity index is 1.69. The molecule has 2 aliphatic rings. The number of anilines is 1. The van der Waals surface area contributed by atoms with Gasteiger partial charge in [-0.1, -0.05) is 0 Å². The van der Waals surface area contributed by atoms with Crippen LogP contribution in [0.1, 0.15) is 56.9 Å².